The summed E-state index contributed by atoms with van der Waals surface area (Å²) in [5.74, 6) is 0. The van der Waals surface area contributed by atoms with Crippen molar-refractivity contribution < 1.29 is 9.53 Å². The van der Waals surface area contributed by atoms with Crippen molar-refractivity contribution in [2.75, 3.05) is 0 Å². The van der Waals surface area contributed by atoms with Gasteiger partial charge in [0.2, 0.25) is 0 Å². The number of aromatic nitrogens is 3. The highest BCUT2D eigenvalue weighted by Gasteiger charge is 2.15. The molecule has 1 aromatic heterocycles. The molecule has 0 aliphatic heterocycles. The average molecular weight is 198 g/mol. The van der Waals surface area contributed by atoms with Crippen LogP contribution in [0.4, 0.5) is 4.79 Å². The summed E-state index contributed by atoms with van der Waals surface area (Å²) < 4.78 is 5.02. The number of alkyl carbamates (subject to hydrolysis) is 1. The largest absolute Gasteiger partial charge is 0.444 e. The van der Waals surface area contributed by atoms with Gasteiger partial charge in [-0.1, -0.05) is 0 Å². The van der Waals surface area contributed by atoms with Gasteiger partial charge in [-0.25, -0.2) is 4.79 Å². The molecule has 0 aliphatic carbocycles. The summed E-state index contributed by atoms with van der Waals surface area (Å²) in [7, 11) is 0. The fourth-order valence-electron chi connectivity index (χ4n) is 0.774. The van der Waals surface area contributed by atoms with Crippen molar-refractivity contribution in [1.29, 1.82) is 0 Å². The van der Waals surface area contributed by atoms with Crippen LogP contribution in [0, 0.1) is 0 Å². The number of carbonyl (C=O) groups is 1. The van der Waals surface area contributed by atoms with E-state index in [9.17, 15) is 4.79 Å². The molecule has 1 N–H and O–H groups in total. The number of nitrogens with one attached hydrogen (secondary N) is 1. The first-order valence-electron chi connectivity index (χ1n) is 4.28. The normalized spacial score (nSPS) is 11.1. The molecule has 0 bridgehead atoms. The molecule has 6 heteroatoms. The van der Waals surface area contributed by atoms with E-state index in [0.29, 0.717) is 0 Å². The molecule has 1 heterocycles. The van der Waals surface area contributed by atoms with Gasteiger partial charge in [-0.3, -0.25) is 0 Å². The van der Waals surface area contributed by atoms with Crippen molar-refractivity contribution in [3.05, 3.63) is 12.4 Å². The number of ether oxygens (including phenoxy) is 1. The van der Waals surface area contributed by atoms with Gasteiger partial charge in [0.1, 0.15) is 12.3 Å². The third-order valence-corrected chi connectivity index (χ3v) is 1.23. The summed E-state index contributed by atoms with van der Waals surface area (Å²) in [6.45, 7) is 5.62. The van der Waals surface area contributed by atoms with E-state index in [4.69, 9.17) is 4.74 Å². The molecule has 0 saturated carbocycles. The Kier molecular flexibility index (Phi) is 3.06. The molecular formula is C8H14N4O2. The van der Waals surface area contributed by atoms with Crippen LogP contribution in [0.3, 0.4) is 0 Å². The van der Waals surface area contributed by atoms with E-state index >= 15 is 0 Å². The first-order chi connectivity index (χ1) is 6.47. The zero-order valence-electron chi connectivity index (χ0n) is 8.52. The molecule has 0 aromatic carbocycles. The van der Waals surface area contributed by atoms with Gasteiger partial charge in [-0.15, -0.1) is 0 Å². The van der Waals surface area contributed by atoms with Crippen LogP contribution in [0.2, 0.25) is 0 Å². The molecule has 14 heavy (non-hydrogen) atoms. The zero-order chi connectivity index (χ0) is 10.6. The Bertz CT molecular complexity index is 289. The van der Waals surface area contributed by atoms with Crippen LogP contribution < -0.4 is 5.32 Å². The van der Waals surface area contributed by atoms with Crippen LogP contribution in [0.5, 0.6) is 0 Å². The highest BCUT2D eigenvalue weighted by Crippen LogP contribution is 2.06. The fourth-order valence-corrected chi connectivity index (χ4v) is 0.774. The van der Waals surface area contributed by atoms with Gasteiger partial charge in [-0.05, 0) is 20.8 Å². The van der Waals surface area contributed by atoms with Crippen molar-refractivity contribution in [3.63, 3.8) is 0 Å². The van der Waals surface area contributed by atoms with Crippen LogP contribution in [0.25, 0.3) is 0 Å². The summed E-state index contributed by atoms with van der Waals surface area (Å²) in [6, 6.07) is 0. The Morgan fingerprint density at radius 1 is 1.43 bits per heavy atom. The number of amides is 1. The number of rotatable bonds is 2. The van der Waals surface area contributed by atoms with E-state index in [1.54, 1.807) is 20.8 Å². The lowest BCUT2D eigenvalue weighted by molar-refractivity contribution is 0.0505. The van der Waals surface area contributed by atoms with E-state index in [0.717, 1.165) is 0 Å². The summed E-state index contributed by atoms with van der Waals surface area (Å²) in [5, 5.41) is 10.2. The Labute approximate surface area is 82.2 Å². The molecule has 78 valence electrons. The van der Waals surface area contributed by atoms with Crippen molar-refractivity contribution >= 4 is 6.09 Å². The highest BCUT2D eigenvalue weighted by atomic mass is 16.6. The van der Waals surface area contributed by atoms with E-state index in [1.807, 2.05) is 0 Å². The number of carbonyl (C=O) groups excluding carboxylic acids is 1. The number of nitrogens with zero attached hydrogens (tertiary/aromatic N) is 3. The molecule has 0 radical (unpaired) electrons. The predicted molar refractivity (Wildman–Crippen MR) is 49.4 cm³/mol. The van der Waals surface area contributed by atoms with Gasteiger partial charge in [0.05, 0.1) is 12.4 Å². The predicted octanol–water partition coefficient (Wildman–Crippen LogP) is 0.760. The number of hydrogen-bond acceptors (Lipinski definition) is 4. The number of hydrogen-bond donors (Lipinski definition) is 1. The molecule has 0 spiro atoms. The zero-order valence-corrected chi connectivity index (χ0v) is 8.52. The van der Waals surface area contributed by atoms with E-state index in [1.165, 1.54) is 17.2 Å². The van der Waals surface area contributed by atoms with Crippen LogP contribution in [0.15, 0.2) is 12.4 Å². The second-order valence-corrected chi connectivity index (χ2v) is 3.74. The second kappa shape index (κ2) is 4.08. The third-order valence-electron chi connectivity index (χ3n) is 1.23. The molecular weight excluding hydrogens is 184 g/mol. The minimum atomic E-state index is -0.484. The SMILES string of the molecule is CC(C)(C)OC(=O)NCn1nccn1. The molecule has 6 nitrogen and oxygen atoms in total. The molecule has 0 unspecified atom stereocenters. The van der Waals surface area contributed by atoms with Crippen LogP contribution in [0.1, 0.15) is 20.8 Å². The molecule has 0 saturated heterocycles. The smallest absolute Gasteiger partial charge is 0.409 e. The van der Waals surface area contributed by atoms with Crippen LogP contribution in [-0.2, 0) is 11.4 Å². The van der Waals surface area contributed by atoms with Gasteiger partial charge in [0.15, 0.2) is 0 Å². The minimum Gasteiger partial charge on any atom is -0.444 e. The molecule has 0 aliphatic rings. The second-order valence-electron chi connectivity index (χ2n) is 3.74. The van der Waals surface area contributed by atoms with Crippen molar-refractivity contribution in [1.82, 2.24) is 20.3 Å². The fraction of sp³-hybridized carbons (Fsp3) is 0.625. The average Bonchev–Trinajstić information content (AvgIpc) is 2.49. The Hall–Kier alpha value is -1.59. The topological polar surface area (TPSA) is 69.0 Å². The van der Waals surface area contributed by atoms with Gasteiger partial charge >= 0.3 is 6.09 Å². The lowest BCUT2D eigenvalue weighted by Gasteiger charge is -2.19. The molecule has 0 atom stereocenters. The first kappa shape index (κ1) is 10.5. The van der Waals surface area contributed by atoms with Crippen LogP contribution >= 0.6 is 0 Å². The Balaban J connectivity index is 2.29. The van der Waals surface area contributed by atoms with Crippen LogP contribution in [-0.4, -0.2) is 26.7 Å². The maximum atomic E-state index is 11.2. The Morgan fingerprint density at radius 3 is 2.50 bits per heavy atom. The van der Waals surface area contributed by atoms with Crippen molar-refractivity contribution in [3.8, 4) is 0 Å². The standard InChI is InChI=1S/C8H14N4O2/c1-8(2,3)14-7(13)9-6-12-10-4-5-11-12/h4-5H,6H2,1-3H3,(H,9,13). The van der Waals surface area contributed by atoms with Gasteiger partial charge in [0.25, 0.3) is 0 Å². The monoisotopic (exact) mass is 198 g/mol. The minimum absolute atomic E-state index is 0.210. The van der Waals surface area contributed by atoms with Gasteiger partial charge < -0.3 is 10.1 Å². The maximum Gasteiger partial charge on any atom is 0.409 e. The third kappa shape index (κ3) is 3.88. The van der Waals surface area contributed by atoms with E-state index in [2.05, 4.69) is 15.5 Å². The van der Waals surface area contributed by atoms with E-state index in [-0.39, 0.29) is 6.67 Å². The summed E-state index contributed by atoms with van der Waals surface area (Å²) in [4.78, 5) is 12.5. The first-order valence-corrected chi connectivity index (χ1v) is 4.28. The summed E-state index contributed by atoms with van der Waals surface area (Å²) in [6.07, 6.45) is 2.60. The maximum absolute atomic E-state index is 11.2. The molecule has 1 amide bonds. The summed E-state index contributed by atoms with van der Waals surface area (Å²) in [5.41, 5.74) is -0.484. The molecule has 0 fully saturated rings. The van der Waals surface area contributed by atoms with Crippen molar-refractivity contribution in [2.45, 2.75) is 33.0 Å². The summed E-state index contributed by atoms with van der Waals surface area (Å²) >= 11 is 0. The molecule has 1 aromatic rings. The highest BCUT2D eigenvalue weighted by molar-refractivity contribution is 5.67. The van der Waals surface area contributed by atoms with E-state index < -0.39 is 11.7 Å². The molecule has 1 rings (SSSR count). The van der Waals surface area contributed by atoms with Gasteiger partial charge in [0, 0.05) is 0 Å². The van der Waals surface area contributed by atoms with Crippen molar-refractivity contribution in [2.24, 2.45) is 0 Å². The van der Waals surface area contributed by atoms with Gasteiger partial charge in [-0.2, -0.15) is 15.0 Å². The lowest BCUT2D eigenvalue weighted by Crippen LogP contribution is -2.34. The quantitative estimate of drug-likeness (QED) is 0.761. The Morgan fingerprint density at radius 2 is 2.00 bits per heavy atom. The lowest BCUT2D eigenvalue weighted by atomic mass is 10.2.